The van der Waals surface area contributed by atoms with E-state index in [4.69, 9.17) is 0 Å². The molecule has 0 amide bonds. The van der Waals surface area contributed by atoms with Crippen molar-refractivity contribution in [3.8, 4) is 50.2 Å². The molecule has 0 saturated carbocycles. The molecule has 1 atom stereocenters. The molecule has 0 radical (unpaired) electrons. The highest BCUT2D eigenvalue weighted by Gasteiger charge is 2.53. The molecule has 0 N–H and O–H groups in total. The molecule has 2 heterocycles. The van der Waals surface area contributed by atoms with Crippen molar-refractivity contribution in [3.05, 3.63) is 343 Å². The summed E-state index contributed by atoms with van der Waals surface area (Å²) in [7, 11) is 0. The van der Waals surface area contributed by atoms with Gasteiger partial charge >= 0.3 is 0 Å². The lowest BCUT2D eigenvalue weighted by Crippen LogP contribution is -2.36. The summed E-state index contributed by atoms with van der Waals surface area (Å²) in [4.78, 5) is 2.55. The van der Waals surface area contributed by atoms with Gasteiger partial charge in [0, 0.05) is 27.4 Å². The Kier molecular flexibility index (Phi) is 11.2. The molecule has 0 saturated heterocycles. The summed E-state index contributed by atoms with van der Waals surface area (Å²) >= 11 is 0. The predicted octanol–water partition coefficient (Wildman–Crippen LogP) is 21.8. The fourth-order valence-corrected chi connectivity index (χ4v) is 14.9. The standard InChI is InChI=1S/C82H58N2/c1-5-24-53(6-2)56-41-46-75-67(49-56)62-31-15-13-29-60(62)61-30-14-16-32-63(61)68-50-57(54-25-9-7-10-26-54)42-47-76(68)84(75)79-40-23-38-72-80(79)66-34-18-20-36-70(66)82(72)71-37-21-22-39-77(71)83(78-48-43-58(51-74(78)82)55-27-11-8-12-28-55)59-44-45-65-64-33-17-19-35-69(64)81(3,4)73(65)52-59/h5-52H,1-2H2,3-4H3/b53-24+. The van der Waals surface area contributed by atoms with Crippen LogP contribution in [-0.4, -0.2) is 4.57 Å². The predicted molar refractivity (Wildman–Crippen MR) is 356 cm³/mol. The second kappa shape index (κ2) is 19.0. The minimum atomic E-state index is -0.749. The average Bonchev–Trinajstić information content (AvgIpc) is 1.46. The van der Waals surface area contributed by atoms with Crippen LogP contribution in [0.1, 0.15) is 52.8 Å². The van der Waals surface area contributed by atoms with Gasteiger partial charge in [0.1, 0.15) is 0 Å². The summed E-state index contributed by atoms with van der Waals surface area (Å²) in [5, 5.41) is 6.93. The van der Waals surface area contributed by atoms with Gasteiger partial charge in [0.2, 0.25) is 0 Å². The fourth-order valence-electron chi connectivity index (χ4n) is 14.9. The van der Waals surface area contributed by atoms with Crippen LogP contribution in [0.4, 0.5) is 17.1 Å². The van der Waals surface area contributed by atoms with Crippen LogP contribution in [0.2, 0.25) is 0 Å². The van der Waals surface area contributed by atoms with E-state index in [1.165, 1.54) is 88.5 Å². The first-order chi connectivity index (χ1) is 41.4. The van der Waals surface area contributed by atoms with Gasteiger partial charge in [0.25, 0.3) is 0 Å². The molecule has 396 valence electrons. The highest BCUT2D eigenvalue weighted by atomic mass is 15.2. The maximum Gasteiger partial charge on any atom is 0.0755 e. The second-order valence-corrected chi connectivity index (χ2v) is 23.2. The monoisotopic (exact) mass is 1070 g/mol. The highest BCUT2D eigenvalue weighted by molar-refractivity contribution is 6.20. The third-order valence-corrected chi connectivity index (χ3v) is 18.6. The maximum atomic E-state index is 4.29. The smallest absolute Gasteiger partial charge is 0.0755 e. The number of hydrogen-bond donors (Lipinski definition) is 0. The Balaban J connectivity index is 1.06. The number of rotatable bonds is 7. The molecular weight excluding hydrogens is 1010 g/mol. The Morgan fingerprint density at radius 1 is 0.357 bits per heavy atom. The van der Waals surface area contributed by atoms with Gasteiger partial charge in [-0.1, -0.05) is 258 Å². The van der Waals surface area contributed by atoms with E-state index >= 15 is 0 Å². The normalized spacial score (nSPS) is 15.1. The van der Waals surface area contributed by atoms with Gasteiger partial charge in [0.15, 0.2) is 0 Å². The number of hydrogen-bond acceptors (Lipinski definition) is 1. The molecule has 13 aromatic rings. The van der Waals surface area contributed by atoms with Gasteiger partial charge in [-0.2, -0.15) is 0 Å². The number of para-hydroxylation sites is 1. The first-order valence-corrected chi connectivity index (χ1v) is 29.2. The number of allylic oxidation sites excluding steroid dienone is 4. The number of aromatic nitrogens is 1. The third kappa shape index (κ3) is 7.10. The van der Waals surface area contributed by atoms with Crippen LogP contribution in [0.25, 0.3) is 99.1 Å². The summed E-state index contributed by atoms with van der Waals surface area (Å²) in [5.41, 5.74) is 25.3. The lowest BCUT2D eigenvalue weighted by atomic mass is 9.64. The Morgan fingerprint density at radius 2 is 0.881 bits per heavy atom. The van der Waals surface area contributed by atoms with Crippen LogP contribution in [-0.2, 0) is 10.8 Å². The zero-order chi connectivity index (χ0) is 56.3. The fraction of sp³-hybridized carbons (Fsp3) is 0.0488. The number of nitrogens with zero attached hydrogens (tertiary/aromatic N) is 2. The molecule has 1 aromatic heterocycles. The number of fused-ring (bicyclic) bond motifs is 19. The molecule has 1 unspecified atom stereocenters. The van der Waals surface area contributed by atoms with Crippen molar-refractivity contribution in [2.75, 3.05) is 4.90 Å². The molecule has 0 fully saturated rings. The third-order valence-electron chi connectivity index (χ3n) is 18.6. The average molecular weight is 1070 g/mol. The Labute approximate surface area is 490 Å². The van der Waals surface area contributed by atoms with E-state index in [0.717, 1.165) is 66.6 Å². The quantitative estimate of drug-likeness (QED) is 0.144. The molecule has 3 aliphatic rings. The van der Waals surface area contributed by atoms with Crippen LogP contribution < -0.4 is 4.90 Å². The van der Waals surface area contributed by atoms with E-state index in [1.807, 2.05) is 12.2 Å². The van der Waals surface area contributed by atoms with Gasteiger partial charge in [-0.15, -0.1) is 0 Å². The van der Waals surface area contributed by atoms with Crippen molar-refractivity contribution < 1.29 is 0 Å². The lowest BCUT2D eigenvalue weighted by molar-refractivity contribution is 0.660. The van der Waals surface area contributed by atoms with E-state index in [9.17, 15) is 0 Å². The molecule has 0 bridgehead atoms. The van der Waals surface area contributed by atoms with Gasteiger partial charge in [-0.25, -0.2) is 0 Å². The van der Waals surface area contributed by atoms with Crippen molar-refractivity contribution in [1.82, 2.24) is 4.57 Å². The Morgan fingerprint density at radius 3 is 1.57 bits per heavy atom. The minimum Gasteiger partial charge on any atom is -0.310 e. The summed E-state index contributed by atoms with van der Waals surface area (Å²) in [6.45, 7) is 13.2. The molecule has 2 aliphatic carbocycles. The Bertz CT molecular complexity index is 5030. The van der Waals surface area contributed by atoms with Crippen LogP contribution in [0.3, 0.4) is 0 Å². The minimum absolute atomic E-state index is 0.175. The van der Waals surface area contributed by atoms with E-state index in [1.54, 1.807) is 0 Å². The van der Waals surface area contributed by atoms with E-state index in [0.29, 0.717) is 0 Å². The van der Waals surface area contributed by atoms with E-state index < -0.39 is 5.41 Å². The van der Waals surface area contributed by atoms with Gasteiger partial charge in [0.05, 0.1) is 33.5 Å². The molecule has 84 heavy (non-hydrogen) atoms. The van der Waals surface area contributed by atoms with Gasteiger partial charge in [-0.3, -0.25) is 0 Å². The largest absolute Gasteiger partial charge is 0.310 e. The van der Waals surface area contributed by atoms with Crippen molar-refractivity contribution >= 4 is 66.0 Å². The molecule has 2 heteroatoms. The van der Waals surface area contributed by atoms with E-state index in [2.05, 4.69) is 316 Å². The van der Waals surface area contributed by atoms with Crippen LogP contribution in [0, 0.1) is 0 Å². The van der Waals surface area contributed by atoms with Gasteiger partial charge < -0.3 is 9.47 Å². The molecular formula is C82H58N2. The summed E-state index contributed by atoms with van der Waals surface area (Å²) in [6, 6.07) is 103. The molecule has 1 spiro atoms. The van der Waals surface area contributed by atoms with E-state index in [-0.39, 0.29) is 5.41 Å². The topological polar surface area (TPSA) is 8.17 Å². The SMILES string of the molecule is C=C/C=C(\C=C)c1ccc2c(c1)c1ccccc1c1ccccc1c1cc(-c3ccccc3)ccc1n2-c1cccc2c1-c1ccccc1C21c2ccccc2N(c2ccc3c(c2)C(C)(C)c2ccccc2-3)c2ccc(-c3ccccc3)cc21. The maximum absolute atomic E-state index is 4.29. The van der Waals surface area contributed by atoms with Crippen molar-refractivity contribution in [3.63, 3.8) is 0 Å². The van der Waals surface area contributed by atoms with Crippen LogP contribution >= 0.6 is 0 Å². The van der Waals surface area contributed by atoms with Crippen LogP contribution in [0.15, 0.2) is 304 Å². The molecule has 16 rings (SSSR count). The second-order valence-electron chi connectivity index (χ2n) is 23.2. The lowest BCUT2D eigenvalue weighted by Gasteiger charge is -2.45. The number of benzene rings is 12. The zero-order valence-electron chi connectivity index (χ0n) is 47.0. The first kappa shape index (κ1) is 49.3. The van der Waals surface area contributed by atoms with Crippen molar-refractivity contribution in [2.45, 2.75) is 24.7 Å². The molecule has 12 aromatic carbocycles. The summed E-state index contributed by atoms with van der Waals surface area (Å²) in [6.07, 6.45) is 5.84. The van der Waals surface area contributed by atoms with Crippen molar-refractivity contribution in [1.29, 1.82) is 0 Å². The number of anilines is 3. The van der Waals surface area contributed by atoms with Gasteiger partial charge in [-0.05, 0) is 166 Å². The highest BCUT2D eigenvalue weighted by Crippen LogP contribution is 2.65. The molecule has 1 aliphatic heterocycles. The zero-order valence-corrected chi connectivity index (χ0v) is 47.0. The summed E-state index contributed by atoms with van der Waals surface area (Å²) in [5.74, 6) is 0. The van der Waals surface area contributed by atoms with Crippen LogP contribution in [0.5, 0.6) is 0 Å². The van der Waals surface area contributed by atoms with Crippen molar-refractivity contribution in [2.24, 2.45) is 0 Å². The summed E-state index contributed by atoms with van der Waals surface area (Å²) < 4.78 is 2.59. The first-order valence-electron chi connectivity index (χ1n) is 29.2. The molecule has 2 nitrogen and oxygen atoms in total. The Hall–Kier alpha value is -10.5.